The third kappa shape index (κ3) is 2.35. The molecule has 3 rings (SSSR count). The molecule has 2 aliphatic heterocycles. The highest BCUT2D eigenvalue weighted by Crippen LogP contribution is 2.21. The first-order valence-electron chi connectivity index (χ1n) is 6.54. The van der Waals surface area contributed by atoms with Gasteiger partial charge in [-0.2, -0.15) is 0 Å². The first kappa shape index (κ1) is 11.2. The molecule has 2 aliphatic rings. The zero-order chi connectivity index (χ0) is 11.7. The predicted octanol–water partition coefficient (Wildman–Crippen LogP) is 1.80. The molecule has 2 atom stereocenters. The molecule has 1 N–H and O–H groups in total. The second-order valence-electron chi connectivity index (χ2n) is 5.19. The fraction of sp³-hybridized carbons (Fsp3) is 0.571. The smallest absolute Gasteiger partial charge is 0.126 e. The second kappa shape index (κ2) is 4.75. The van der Waals surface area contributed by atoms with Crippen LogP contribution in [0.3, 0.4) is 0 Å². The van der Waals surface area contributed by atoms with E-state index < -0.39 is 0 Å². The Morgan fingerprint density at radius 2 is 2.24 bits per heavy atom. The Morgan fingerprint density at radius 3 is 3.12 bits per heavy atom. The minimum absolute atomic E-state index is 0.0714. The van der Waals surface area contributed by atoms with Crippen molar-refractivity contribution in [3.05, 3.63) is 35.6 Å². The van der Waals surface area contributed by atoms with E-state index in [9.17, 15) is 4.39 Å². The highest BCUT2D eigenvalue weighted by molar-refractivity contribution is 5.18. The van der Waals surface area contributed by atoms with Crippen LogP contribution in [0, 0.1) is 5.82 Å². The average Bonchev–Trinajstić information content (AvgIpc) is 2.79. The van der Waals surface area contributed by atoms with Crippen molar-refractivity contribution in [3.8, 4) is 0 Å². The molecule has 2 heterocycles. The van der Waals surface area contributed by atoms with Crippen molar-refractivity contribution in [1.29, 1.82) is 0 Å². The summed E-state index contributed by atoms with van der Waals surface area (Å²) in [5.41, 5.74) is 0.836. The molecule has 2 saturated heterocycles. The molecular formula is C14H19FN2. The van der Waals surface area contributed by atoms with Crippen LogP contribution in [0.25, 0.3) is 0 Å². The summed E-state index contributed by atoms with van der Waals surface area (Å²) in [5, 5.41) is 3.56. The number of piperazine rings is 1. The van der Waals surface area contributed by atoms with Crippen LogP contribution in [0.1, 0.15) is 18.4 Å². The van der Waals surface area contributed by atoms with Gasteiger partial charge in [0.05, 0.1) is 0 Å². The molecule has 2 fully saturated rings. The number of hydrogen-bond donors (Lipinski definition) is 1. The number of nitrogens with zero attached hydrogens (tertiary/aromatic N) is 1. The van der Waals surface area contributed by atoms with Gasteiger partial charge < -0.3 is 5.32 Å². The molecule has 0 spiro atoms. The third-order valence-electron chi connectivity index (χ3n) is 4.02. The maximum absolute atomic E-state index is 13.6. The van der Waals surface area contributed by atoms with Crippen LogP contribution < -0.4 is 5.32 Å². The monoisotopic (exact) mass is 234 g/mol. The van der Waals surface area contributed by atoms with Crippen molar-refractivity contribution < 1.29 is 4.39 Å². The lowest BCUT2D eigenvalue weighted by molar-refractivity contribution is 0.172. The summed E-state index contributed by atoms with van der Waals surface area (Å²) in [7, 11) is 0. The Labute approximate surface area is 102 Å². The number of benzene rings is 1. The number of hydrogen-bond acceptors (Lipinski definition) is 2. The van der Waals surface area contributed by atoms with Gasteiger partial charge in [0.2, 0.25) is 0 Å². The van der Waals surface area contributed by atoms with Gasteiger partial charge in [0.1, 0.15) is 5.82 Å². The van der Waals surface area contributed by atoms with E-state index in [2.05, 4.69) is 10.2 Å². The van der Waals surface area contributed by atoms with E-state index in [1.54, 1.807) is 12.1 Å². The van der Waals surface area contributed by atoms with Gasteiger partial charge in [0.25, 0.3) is 0 Å². The second-order valence-corrected chi connectivity index (χ2v) is 5.19. The van der Waals surface area contributed by atoms with Crippen molar-refractivity contribution in [2.24, 2.45) is 0 Å². The zero-order valence-electron chi connectivity index (χ0n) is 10.0. The van der Waals surface area contributed by atoms with Crippen LogP contribution in [-0.2, 0) is 6.42 Å². The largest absolute Gasteiger partial charge is 0.311 e. The Kier molecular flexibility index (Phi) is 3.12. The van der Waals surface area contributed by atoms with Gasteiger partial charge in [-0.05, 0) is 37.4 Å². The van der Waals surface area contributed by atoms with Crippen LogP contribution in [0.4, 0.5) is 4.39 Å². The van der Waals surface area contributed by atoms with Crippen molar-refractivity contribution in [2.75, 3.05) is 19.6 Å². The Morgan fingerprint density at radius 1 is 1.35 bits per heavy atom. The maximum atomic E-state index is 13.6. The molecule has 0 amide bonds. The first-order valence-corrected chi connectivity index (χ1v) is 6.54. The minimum atomic E-state index is -0.0714. The molecule has 17 heavy (non-hydrogen) atoms. The predicted molar refractivity (Wildman–Crippen MR) is 66.5 cm³/mol. The molecule has 0 aliphatic carbocycles. The van der Waals surface area contributed by atoms with Crippen molar-refractivity contribution in [2.45, 2.75) is 31.3 Å². The number of halogens is 1. The highest BCUT2D eigenvalue weighted by Gasteiger charge is 2.31. The molecule has 0 saturated carbocycles. The van der Waals surface area contributed by atoms with E-state index >= 15 is 0 Å². The van der Waals surface area contributed by atoms with Gasteiger partial charge in [0, 0.05) is 25.2 Å². The summed E-state index contributed by atoms with van der Waals surface area (Å²) >= 11 is 0. The molecular weight excluding hydrogens is 215 g/mol. The van der Waals surface area contributed by atoms with Gasteiger partial charge in [0.15, 0.2) is 0 Å². The Balaban J connectivity index is 1.64. The van der Waals surface area contributed by atoms with Gasteiger partial charge in [-0.1, -0.05) is 18.2 Å². The SMILES string of the molecule is Fc1ccccc1C[C@H]1CN2CCC[C@H]2CN1. The first-order chi connectivity index (χ1) is 8.33. The van der Waals surface area contributed by atoms with Crippen molar-refractivity contribution in [1.82, 2.24) is 10.2 Å². The Bertz CT molecular complexity index is 394. The molecule has 0 unspecified atom stereocenters. The maximum Gasteiger partial charge on any atom is 0.126 e. The summed E-state index contributed by atoms with van der Waals surface area (Å²) in [5.74, 6) is -0.0714. The molecule has 1 aromatic carbocycles. The fourth-order valence-corrected chi connectivity index (χ4v) is 3.08. The van der Waals surface area contributed by atoms with E-state index in [0.717, 1.165) is 31.1 Å². The van der Waals surface area contributed by atoms with Crippen molar-refractivity contribution >= 4 is 0 Å². The summed E-state index contributed by atoms with van der Waals surface area (Å²) in [6.07, 6.45) is 3.44. The number of fused-ring (bicyclic) bond motifs is 1. The summed E-state index contributed by atoms with van der Waals surface area (Å²) in [4.78, 5) is 2.56. The van der Waals surface area contributed by atoms with Gasteiger partial charge in [-0.3, -0.25) is 4.90 Å². The van der Waals surface area contributed by atoms with Gasteiger partial charge in [-0.15, -0.1) is 0 Å². The lowest BCUT2D eigenvalue weighted by Gasteiger charge is -2.36. The summed E-state index contributed by atoms with van der Waals surface area (Å²) in [6.45, 7) is 3.36. The van der Waals surface area contributed by atoms with E-state index in [0.29, 0.717) is 6.04 Å². The summed E-state index contributed by atoms with van der Waals surface area (Å²) < 4.78 is 13.6. The molecule has 1 aromatic rings. The van der Waals surface area contributed by atoms with E-state index in [1.165, 1.54) is 19.4 Å². The lowest BCUT2D eigenvalue weighted by Crippen LogP contribution is -2.54. The molecule has 0 radical (unpaired) electrons. The summed E-state index contributed by atoms with van der Waals surface area (Å²) in [6, 6.07) is 8.25. The quantitative estimate of drug-likeness (QED) is 0.839. The zero-order valence-corrected chi connectivity index (χ0v) is 10.0. The topological polar surface area (TPSA) is 15.3 Å². The van der Waals surface area contributed by atoms with Crippen LogP contribution in [-0.4, -0.2) is 36.6 Å². The van der Waals surface area contributed by atoms with E-state index in [-0.39, 0.29) is 5.82 Å². The normalized spacial score (nSPS) is 29.2. The number of rotatable bonds is 2. The van der Waals surface area contributed by atoms with Gasteiger partial charge in [-0.25, -0.2) is 4.39 Å². The third-order valence-corrected chi connectivity index (χ3v) is 4.02. The van der Waals surface area contributed by atoms with Crippen LogP contribution in [0.2, 0.25) is 0 Å². The molecule has 0 aromatic heterocycles. The van der Waals surface area contributed by atoms with E-state index in [4.69, 9.17) is 0 Å². The average molecular weight is 234 g/mol. The fourth-order valence-electron chi connectivity index (χ4n) is 3.08. The Hall–Kier alpha value is -0.930. The van der Waals surface area contributed by atoms with Crippen LogP contribution in [0.15, 0.2) is 24.3 Å². The van der Waals surface area contributed by atoms with E-state index in [1.807, 2.05) is 12.1 Å². The minimum Gasteiger partial charge on any atom is -0.311 e. The molecule has 2 nitrogen and oxygen atoms in total. The molecule has 3 heteroatoms. The van der Waals surface area contributed by atoms with Crippen molar-refractivity contribution in [3.63, 3.8) is 0 Å². The number of nitrogens with one attached hydrogen (secondary N) is 1. The van der Waals surface area contributed by atoms with Crippen LogP contribution in [0.5, 0.6) is 0 Å². The lowest BCUT2D eigenvalue weighted by atomic mass is 10.0. The van der Waals surface area contributed by atoms with Crippen LogP contribution >= 0.6 is 0 Å². The van der Waals surface area contributed by atoms with Gasteiger partial charge >= 0.3 is 0 Å². The standard InChI is InChI=1S/C14H19FN2/c15-14-6-2-1-4-11(14)8-12-10-17-7-3-5-13(17)9-16-12/h1-2,4,6,12-13,16H,3,5,7-10H2/t12-,13-/m0/s1. The molecule has 92 valence electrons. The highest BCUT2D eigenvalue weighted by atomic mass is 19.1. The molecule has 0 bridgehead atoms.